The van der Waals surface area contributed by atoms with Crippen LogP contribution in [-0.4, -0.2) is 33.7 Å². The number of nitrogens with zero attached hydrogens (tertiary/aromatic N) is 3. The fourth-order valence-corrected chi connectivity index (χ4v) is 3.77. The van der Waals surface area contributed by atoms with Crippen molar-refractivity contribution in [3.05, 3.63) is 42.9 Å². The SMILES string of the molecule is Cn1ncc(NCC(=O)N2CCc3sccc3C2)c(Br)c1=O. The van der Waals surface area contributed by atoms with E-state index in [4.69, 9.17) is 0 Å². The number of hydrogen-bond acceptors (Lipinski definition) is 5. The van der Waals surface area contributed by atoms with Crippen LogP contribution in [0, 0.1) is 0 Å². The molecule has 1 amide bonds. The third-order valence-electron chi connectivity index (χ3n) is 3.67. The van der Waals surface area contributed by atoms with Gasteiger partial charge in [0.1, 0.15) is 4.47 Å². The van der Waals surface area contributed by atoms with Gasteiger partial charge in [0.25, 0.3) is 5.56 Å². The number of fused-ring (bicyclic) bond motifs is 1. The molecule has 0 aromatic carbocycles. The average molecular weight is 383 g/mol. The van der Waals surface area contributed by atoms with Crippen LogP contribution in [0.1, 0.15) is 10.4 Å². The molecular weight excluding hydrogens is 368 g/mol. The number of rotatable bonds is 3. The van der Waals surface area contributed by atoms with E-state index in [1.807, 2.05) is 4.90 Å². The van der Waals surface area contributed by atoms with Crippen molar-refractivity contribution in [1.82, 2.24) is 14.7 Å². The molecule has 0 saturated heterocycles. The summed E-state index contributed by atoms with van der Waals surface area (Å²) in [5.41, 5.74) is 1.53. The molecule has 0 fully saturated rings. The van der Waals surface area contributed by atoms with E-state index in [-0.39, 0.29) is 18.0 Å². The first-order valence-corrected chi connectivity index (χ1v) is 8.52. The number of halogens is 1. The van der Waals surface area contributed by atoms with Crippen LogP contribution in [0.2, 0.25) is 0 Å². The van der Waals surface area contributed by atoms with Gasteiger partial charge in [-0.1, -0.05) is 0 Å². The van der Waals surface area contributed by atoms with E-state index in [9.17, 15) is 9.59 Å². The molecule has 116 valence electrons. The molecule has 0 aliphatic carbocycles. The summed E-state index contributed by atoms with van der Waals surface area (Å²) in [6.07, 6.45) is 2.45. The van der Waals surface area contributed by atoms with E-state index in [1.54, 1.807) is 18.4 Å². The number of aromatic nitrogens is 2. The highest BCUT2D eigenvalue weighted by molar-refractivity contribution is 9.10. The third-order valence-corrected chi connectivity index (χ3v) is 5.46. The molecule has 0 saturated carbocycles. The zero-order valence-electron chi connectivity index (χ0n) is 12.0. The molecule has 1 aliphatic heterocycles. The lowest BCUT2D eigenvalue weighted by atomic mass is 10.1. The number of amides is 1. The van der Waals surface area contributed by atoms with Gasteiger partial charge in [-0.3, -0.25) is 9.59 Å². The Kier molecular flexibility index (Phi) is 4.30. The second-order valence-corrected chi connectivity index (χ2v) is 6.88. The van der Waals surface area contributed by atoms with Crippen molar-refractivity contribution >= 4 is 38.9 Å². The van der Waals surface area contributed by atoms with E-state index in [0.717, 1.165) is 13.0 Å². The van der Waals surface area contributed by atoms with Crippen molar-refractivity contribution in [1.29, 1.82) is 0 Å². The van der Waals surface area contributed by atoms with Gasteiger partial charge in [0.2, 0.25) is 5.91 Å². The topological polar surface area (TPSA) is 67.2 Å². The van der Waals surface area contributed by atoms with Crippen molar-refractivity contribution in [3.63, 3.8) is 0 Å². The molecule has 0 bridgehead atoms. The average Bonchev–Trinajstić information content (AvgIpc) is 2.99. The minimum absolute atomic E-state index is 0.0180. The maximum Gasteiger partial charge on any atom is 0.282 e. The van der Waals surface area contributed by atoms with E-state index >= 15 is 0 Å². The fraction of sp³-hybridized carbons (Fsp3) is 0.357. The number of thiophene rings is 1. The van der Waals surface area contributed by atoms with Crippen LogP contribution in [0.3, 0.4) is 0 Å². The molecule has 3 rings (SSSR count). The Labute approximate surface area is 139 Å². The number of carbonyl (C=O) groups is 1. The molecule has 0 radical (unpaired) electrons. The molecule has 0 atom stereocenters. The second-order valence-electron chi connectivity index (χ2n) is 5.09. The highest BCUT2D eigenvalue weighted by atomic mass is 79.9. The molecule has 2 aromatic rings. The summed E-state index contributed by atoms with van der Waals surface area (Å²) in [4.78, 5) is 27.3. The summed E-state index contributed by atoms with van der Waals surface area (Å²) < 4.78 is 1.62. The van der Waals surface area contributed by atoms with Crippen LogP contribution in [0.15, 0.2) is 26.9 Å². The van der Waals surface area contributed by atoms with E-state index < -0.39 is 0 Å². The van der Waals surface area contributed by atoms with Gasteiger partial charge in [-0.15, -0.1) is 11.3 Å². The maximum atomic E-state index is 12.3. The van der Waals surface area contributed by atoms with E-state index in [0.29, 0.717) is 16.7 Å². The molecule has 3 heterocycles. The highest BCUT2D eigenvalue weighted by Gasteiger charge is 2.21. The van der Waals surface area contributed by atoms with Gasteiger partial charge in [-0.2, -0.15) is 5.10 Å². The van der Waals surface area contributed by atoms with Crippen molar-refractivity contribution in [3.8, 4) is 0 Å². The molecule has 0 unspecified atom stereocenters. The second kappa shape index (κ2) is 6.21. The van der Waals surface area contributed by atoms with Crippen LogP contribution in [0.5, 0.6) is 0 Å². The van der Waals surface area contributed by atoms with E-state index in [1.165, 1.54) is 21.3 Å². The zero-order valence-corrected chi connectivity index (χ0v) is 14.4. The normalized spacial score (nSPS) is 13.8. The van der Waals surface area contributed by atoms with Gasteiger partial charge in [0.15, 0.2) is 0 Å². The standard InChI is InChI=1S/C14H15BrN4O2S/c1-18-14(21)13(15)10(6-17-18)16-7-12(20)19-4-2-11-9(8-19)3-5-22-11/h3,5-6,16H,2,4,7-8H2,1H3. The van der Waals surface area contributed by atoms with Gasteiger partial charge in [-0.05, 0) is 39.4 Å². The molecule has 2 aromatic heterocycles. The van der Waals surface area contributed by atoms with Crippen molar-refractivity contribution in [2.24, 2.45) is 7.05 Å². The number of carbonyl (C=O) groups excluding carboxylic acids is 1. The van der Waals surface area contributed by atoms with Crippen molar-refractivity contribution < 1.29 is 4.79 Å². The Balaban J connectivity index is 1.64. The first-order valence-electron chi connectivity index (χ1n) is 6.85. The summed E-state index contributed by atoms with van der Waals surface area (Å²) in [7, 11) is 1.58. The first kappa shape index (κ1) is 15.2. The van der Waals surface area contributed by atoms with Crippen LogP contribution in [0.25, 0.3) is 0 Å². The van der Waals surface area contributed by atoms with Gasteiger partial charge >= 0.3 is 0 Å². The maximum absolute atomic E-state index is 12.3. The van der Waals surface area contributed by atoms with E-state index in [2.05, 4.69) is 37.8 Å². The molecule has 0 spiro atoms. The molecule has 6 nitrogen and oxygen atoms in total. The first-order chi connectivity index (χ1) is 10.6. The Hall–Kier alpha value is -1.67. The Morgan fingerprint density at radius 2 is 2.36 bits per heavy atom. The molecule has 1 N–H and O–H groups in total. The third kappa shape index (κ3) is 2.93. The van der Waals surface area contributed by atoms with Crippen molar-refractivity contribution in [2.45, 2.75) is 13.0 Å². The largest absolute Gasteiger partial charge is 0.374 e. The number of nitrogens with one attached hydrogen (secondary N) is 1. The highest BCUT2D eigenvalue weighted by Crippen LogP contribution is 2.24. The summed E-state index contributed by atoms with van der Waals surface area (Å²) in [6.45, 7) is 1.55. The summed E-state index contributed by atoms with van der Waals surface area (Å²) in [6, 6.07) is 2.08. The number of hydrogen-bond donors (Lipinski definition) is 1. The minimum atomic E-state index is -0.238. The molecule has 8 heteroatoms. The lowest BCUT2D eigenvalue weighted by Crippen LogP contribution is -2.39. The fourth-order valence-electron chi connectivity index (χ4n) is 2.38. The quantitative estimate of drug-likeness (QED) is 0.875. The smallest absolute Gasteiger partial charge is 0.282 e. The van der Waals surface area contributed by atoms with Crippen molar-refractivity contribution in [2.75, 3.05) is 18.4 Å². The summed E-state index contributed by atoms with van der Waals surface area (Å²) >= 11 is 4.98. The van der Waals surface area contributed by atoms with Gasteiger partial charge in [-0.25, -0.2) is 4.68 Å². The van der Waals surface area contributed by atoms with Gasteiger partial charge in [0, 0.05) is 25.0 Å². The predicted octanol–water partition coefficient (Wildman–Crippen LogP) is 1.60. The molecular formula is C14H15BrN4O2S. The number of anilines is 1. The summed E-state index contributed by atoms with van der Waals surface area (Å²) in [5.74, 6) is 0.0180. The zero-order chi connectivity index (χ0) is 15.7. The lowest BCUT2D eigenvalue weighted by Gasteiger charge is -2.27. The Morgan fingerprint density at radius 3 is 3.18 bits per heavy atom. The monoisotopic (exact) mass is 382 g/mol. The van der Waals surface area contributed by atoms with Crippen LogP contribution in [-0.2, 0) is 24.8 Å². The van der Waals surface area contributed by atoms with Crippen LogP contribution in [0.4, 0.5) is 5.69 Å². The summed E-state index contributed by atoms with van der Waals surface area (Å²) in [5, 5.41) is 8.99. The number of aryl methyl sites for hydroxylation is 1. The van der Waals surface area contributed by atoms with Crippen LogP contribution < -0.4 is 10.9 Å². The molecule has 1 aliphatic rings. The molecule has 22 heavy (non-hydrogen) atoms. The van der Waals surface area contributed by atoms with Crippen LogP contribution >= 0.6 is 27.3 Å². The minimum Gasteiger partial charge on any atom is -0.374 e. The predicted molar refractivity (Wildman–Crippen MR) is 89.1 cm³/mol. The van der Waals surface area contributed by atoms with Gasteiger partial charge < -0.3 is 10.2 Å². The Morgan fingerprint density at radius 1 is 1.55 bits per heavy atom. The van der Waals surface area contributed by atoms with Gasteiger partial charge in [0.05, 0.1) is 18.4 Å². The Bertz CT molecular complexity index is 770. The lowest BCUT2D eigenvalue weighted by molar-refractivity contribution is -0.130.